The lowest BCUT2D eigenvalue weighted by Crippen LogP contribution is -2.19. The lowest BCUT2D eigenvalue weighted by atomic mass is 10.2. The van der Waals surface area contributed by atoms with Gasteiger partial charge in [0.1, 0.15) is 5.84 Å². The van der Waals surface area contributed by atoms with Crippen molar-refractivity contribution in [2.45, 2.75) is 13.8 Å². The van der Waals surface area contributed by atoms with Crippen molar-refractivity contribution in [2.75, 3.05) is 0 Å². The Bertz CT molecular complexity index is 399. The van der Waals surface area contributed by atoms with Gasteiger partial charge < -0.3 is 10.6 Å². The van der Waals surface area contributed by atoms with Gasteiger partial charge in [-0.2, -0.15) is 0 Å². The molecular formula is C11H13IN2O2. The van der Waals surface area contributed by atoms with Crippen molar-refractivity contribution in [3.63, 3.8) is 0 Å². The first-order valence-electron chi connectivity index (χ1n) is 4.81. The SMILES string of the molecule is CC(C)C(N)=NOC(=O)c1ccc(I)cc1. The Balaban J connectivity index is 2.66. The standard InChI is InChI=1S/C11H13IN2O2/c1-7(2)10(13)14-16-11(15)8-3-5-9(12)6-4-8/h3-7H,1-2H3,(H2,13,14). The number of rotatable bonds is 3. The predicted molar refractivity (Wildman–Crippen MR) is 71.0 cm³/mol. The molecule has 0 radical (unpaired) electrons. The summed E-state index contributed by atoms with van der Waals surface area (Å²) in [5, 5.41) is 3.57. The van der Waals surface area contributed by atoms with Crippen LogP contribution in [0.4, 0.5) is 0 Å². The summed E-state index contributed by atoms with van der Waals surface area (Å²) in [5.41, 5.74) is 6.00. The Labute approximate surface area is 108 Å². The van der Waals surface area contributed by atoms with Crippen LogP contribution in [0, 0.1) is 9.49 Å². The zero-order valence-electron chi connectivity index (χ0n) is 9.11. The summed E-state index contributed by atoms with van der Waals surface area (Å²) >= 11 is 2.16. The first-order valence-corrected chi connectivity index (χ1v) is 5.89. The van der Waals surface area contributed by atoms with Gasteiger partial charge in [-0.25, -0.2) is 4.79 Å². The summed E-state index contributed by atoms with van der Waals surface area (Å²) in [5.74, 6) is -0.136. The van der Waals surface area contributed by atoms with E-state index < -0.39 is 5.97 Å². The van der Waals surface area contributed by atoms with Crippen LogP contribution in [0.15, 0.2) is 29.4 Å². The average Bonchev–Trinajstić information content (AvgIpc) is 2.26. The molecule has 0 saturated carbocycles. The van der Waals surface area contributed by atoms with Gasteiger partial charge in [0.15, 0.2) is 0 Å². The lowest BCUT2D eigenvalue weighted by molar-refractivity contribution is 0.0513. The molecule has 0 aliphatic rings. The highest BCUT2D eigenvalue weighted by Gasteiger charge is 2.07. The van der Waals surface area contributed by atoms with Crippen molar-refractivity contribution in [1.29, 1.82) is 0 Å². The highest BCUT2D eigenvalue weighted by Crippen LogP contribution is 2.08. The molecule has 0 aliphatic carbocycles. The molecule has 2 N–H and O–H groups in total. The van der Waals surface area contributed by atoms with Gasteiger partial charge in [-0.05, 0) is 46.9 Å². The Morgan fingerprint density at radius 2 is 1.94 bits per heavy atom. The van der Waals surface area contributed by atoms with Crippen molar-refractivity contribution < 1.29 is 9.63 Å². The van der Waals surface area contributed by atoms with E-state index in [1.54, 1.807) is 12.1 Å². The number of benzene rings is 1. The molecule has 0 unspecified atom stereocenters. The quantitative estimate of drug-likeness (QED) is 0.304. The van der Waals surface area contributed by atoms with Crippen LogP contribution in [0.25, 0.3) is 0 Å². The molecule has 5 heteroatoms. The monoisotopic (exact) mass is 332 g/mol. The number of amidine groups is 1. The molecule has 0 saturated heterocycles. The molecule has 4 nitrogen and oxygen atoms in total. The Morgan fingerprint density at radius 3 is 2.44 bits per heavy atom. The van der Waals surface area contributed by atoms with Crippen LogP contribution >= 0.6 is 22.6 Å². The molecule has 86 valence electrons. The summed E-state index contributed by atoms with van der Waals surface area (Å²) in [7, 11) is 0. The number of carbonyl (C=O) groups excluding carboxylic acids is 1. The highest BCUT2D eigenvalue weighted by molar-refractivity contribution is 14.1. The highest BCUT2D eigenvalue weighted by atomic mass is 127. The maximum atomic E-state index is 11.5. The maximum absolute atomic E-state index is 11.5. The van der Waals surface area contributed by atoms with Gasteiger partial charge in [-0.1, -0.05) is 19.0 Å². The molecule has 0 spiro atoms. The molecule has 0 heterocycles. The molecule has 1 aromatic rings. The Hall–Kier alpha value is -1.11. The van der Waals surface area contributed by atoms with Gasteiger partial charge in [0, 0.05) is 9.49 Å². The van der Waals surface area contributed by atoms with E-state index in [9.17, 15) is 4.79 Å². The third kappa shape index (κ3) is 3.80. The van der Waals surface area contributed by atoms with E-state index in [1.807, 2.05) is 26.0 Å². The summed E-state index contributed by atoms with van der Waals surface area (Å²) in [4.78, 5) is 16.2. The van der Waals surface area contributed by atoms with Crippen LogP contribution in [0.1, 0.15) is 24.2 Å². The number of hydrogen-bond donors (Lipinski definition) is 1. The first kappa shape index (κ1) is 13.0. The van der Waals surface area contributed by atoms with Crippen molar-refractivity contribution in [1.82, 2.24) is 0 Å². The number of carbonyl (C=O) groups is 1. The van der Waals surface area contributed by atoms with Crippen molar-refractivity contribution in [2.24, 2.45) is 16.8 Å². The number of nitrogens with zero attached hydrogens (tertiary/aromatic N) is 1. The molecule has 0 atom stereocenters. The number of hydrogen-bond acceptors (Lipinski definition) is 3. The summed E-state index contributed by atoms with van der Waals surface area (Å²) in [6, 6.07) is 7.02. The van der Waals surface area contributed by atoms with Crippen molar-refractivity contribution in [3.05, 3.63) is 33.4 Å². The minimum atomic E-state index is -0.500. The van der Waals surface area contributed by atoms with Gasteiger partial charge >= 0.3 is 5.97 Å². The molecular weight excluding hydrogens is 319 g/mol. The molecule has 0 aromatic heterocycles. The normalized spacial score (nSPS) is 11.6. The van der Waals surface area contributed by atoms with E-state index >= 15 is 0 Å². The van der Waals surface area contributed by atoms with E-state index in [4.69, 9.17) is 10.6 Å². The van der Waals surface area contributed by atoms with Gasteiger partial charge in [-0.3, -0.25) is 0 Å². The summed E-state index contributed by atoms with van der Waals surface area (Å²) in [6.07, 6.45) is 0. The van der Waals surface area contributed by atoms with Crippen LogP contribution in [0.5, 0.6) is 0 Å². The van der Waals surface area contributed by atoms with Crippen LogP contribution in [0.3, 0.4) is 0 Å². The van der Waals surface area contributed by atoms with E-state index in [-0.39, 0.29) is 5.92 Å². The second-order valence-electron chi connectivity index (χ2n) is 3.56. The minimum absolute atomic E-state index is 0.0597. The van der Waals surface area contributed by atoms with E-state index in [0.29, 0.717) is 11.4 Å². The van der Waals surface area contributed by atoms with Gasteiger partial charge in [-0.15, -0.1) is 0 Å². The molecule has 16 heavy (non-hydrogen) atoms. The van der Waals surface area contributed by atoms with Crippen LogP contribution in [-0.2, 0) is 4.84 Å². The van der Waals surface area contributed by atoms with Gasteiger partial charge in [0.25, 0.3) is 0 Å². The molecule has 0 aliphatic heterocycles. The third-order valence-corrected chi connectivity index (χ3v) is 2.62. The maximum Gasteiger partial charge on any atom is 0.365 e. The van der Waals surface area contributed by atoms with Crippen molar-refractivity contribution in [3.8, 4) is 0 Å². The Morgan fingerprint density at radius 1 is 1.38 bits per heavy atom. The fraction of sp³-hybridized carbons (Fsp3) is 0.273. The smallest absolute Gasteiger partial charge is 0.365 e. The zero-order chi connectivity index (χ0) is 12.1. The lowest BCUT2D eigenvalue weighted by Gasteiger charge is -2.03. The largest absolute Gasteiger partial charge is 0.384 e. The predicted octanol–water partition coefficient (Wildman–Crippen LogP) is 2.38. The molecule has 0 fully saturated rings. The number of halogens is 1. The molecule has 1 rings (SSSR count). The van der Waals surface area contributed by atoms with Gasteiger partial charge in [0.2, 0.25) is 0 Å². The fourth-order valence-corrected chi connectivity index (χ4v) is 1.20. The second kappa shape index (κ2) is 5.83. The average molecular weight is 332 g/mol. The summed E-state index contributed by atoms with van der Waals surface area (Å²) in [6.45, 7) is 3.75. The molecule has 0 bridgehead atoms. The first-order chi connectivity index (χ1) is 7.50. The van der Waals surface area contributed by atoms with Crippen LogP contribution < -0.4 is 5.73 Å². The zero-order valence-corrected chi connectivity index (χ0v) is 11.3. The van der Waals surface area contributed by atoms with E-state index in [1.165, 1.54) is 0 Å². The van der Waals surface area contributed by atoms with E-state index in [0.717, 1.165) is 3.57 Å². The van der Waals surface area contributed by atoms with E-state index in [2.05, 4.69) is 27.7 Å². The third-order valence-electron chi connectivity index (χ3n) is 1.91. The van der Waals surface area contributed by atoms with Crippen molar-refractivity contribution >= 4 is 34.4 Å². The number of oxime groups is 1. The summed E-state index contributed by atoms with van der Waals surface area (Å²) < 4.78 is 1.05. The minimum Gasteiger partial charge on any atom is -0.384 e. The second-order valence-corrected chi connectivity index (χ2v) is 4.80. The van der Waals surface area contributed by atoms with Gasteiger partial charge in [0.05, 0.1) is 5.56 Å². The molecule has 1 aromatic carbocycles. The Kier molecular flexibility index (Phi) is 4.72. The fourth-order valence-electron chi connectivity index (χ4n) is 0.838. The van der Waals surface area contributed by atoms with Crippen LogP contribution in [-0.4, -0.2) is 11.8 Å². The topological polar surface area (TPSA) is 64.7 Å². The molecule has 0 amide bonds. The van der Waals surface area contributed by atoms with Crippen LogP contribution in [0.2, 0.25) is 0 Å². The number of nitrogens with two attached hydrogens (primary N) is 1.